The van der Waals surface area contributed by atoms with E-state index in [2.05, 4.69) is 24.2 Å². The molecule has 0 amide bonds. The summed E-state index contributed by atoms with van der Waals surface area (Å²) in [5.41, 5.74) is 6.42. The van der Waals surface area contributed by atoms with Crippen LogP contribution in [0.5, 0.6) is 0 Å². The van der Waals surface area contributed by atoms with Gasteiger partial charge in [0.1, 0.15) is 0 Å². The van der Waals surface area contributed by atoms with Crippen molar-refractivity contribution in [1.29, 1.82) is 0 Å². The summed E-state index contributed by atoms with van der Waals surface area (Å²) in [7, 11) is 0. The molecule has 1 rings (SSSR count). The number of aromatic nitrogens is 3. The Balaban J connectivity index is 2.52. The Morgan fingerprint density at radius 1 is 1.58 bits per heavy atom. The summed E-state index contributed by atoms with van der Waals surface area (Å²) in [6.45, 7) is 4.89. The third-order valence-corrected chi connectivity index (χ3v) is 1.72. The van der Waals surface area contributed by atoms with Crippen molar-refractivity contribution in [3.8, 4) is 0 Å². The minimum atomic E-state index is 0.393. The Bertz CT molecular complexity index is 229. The molecule has 0 spiro atoms. The normalized spacial score (nSPS) is 11.0. The van der Waals surface area contributed by atoms with E-state index in [1.807, 2.05) is 10.9 Å². The van der Waals surface area contributed by atoms with E-state index < -0.39 is 0 Å². The van der Waals surface area contributed by atoms with Gasteiger partial charge in [0.15, 0.2) is 0 Å². The first-order valence-corrected chi connectivity index (χ1v) is 4.35. The van der Waals surface area contributed by atoms with Crippen molar-refractivity contribution in [3.05, 3.63) is 11.9 Å². The summed E-state index contributed by atoms with van der Waals surface area (Å²) in [6, 6.07) is 0.393. The average Bonchev–Trinajstić information content (AvgIpc) is 2.48. The topological polar surface area (TPSA) is 56.7 Å². The third kappa shape index (κ3) is 2.30. The summed E-state index contributed by atoms with van der Waals surface area (Å²) < 4.78 is 1.87. The second kappa shape index (κ2) is 4.21. The Labute approximate surface area is 72.8 Å². The number of rotatable bonds is 4. The standard InChI is InChI=1S/C8H16N4/c1-7(2)12-6-8(10-11-12)4-3-5-9/h6-7H,3-5,9H2,1-2H3. The maximum Gasteiger partial charge on any atom is 0.0827 e. The summed E-state index contributed by atoms with van der Waals surface area (Å²) in [5.74, 6) is 0. The van der Waals surface area contributed by atoms with Gasteiger partial charge in [-0.1, -0.05) is 5.21 Å². The van der Waals surface area contributed by atoms with Gasteiger partial charge in [-0.05, 0) is 33.2 Å². The molecular weight excluding hydrogens is 152 g/mol. The highest BCUT2D eigenvalue weighted by Crippen LogP contribution is 2.03. The minimum absolute atomic E-state index is 0.393. The molecule has 68 valence electrons. The van der Waals surface area contributed by atoms with Crippen molar-refractivity contribution in [1.82, 2.24) is 15.0 Å². The maximum absolute atomic E-state index is 5.39. The lowest BCUT2D eigenvalue weighted by Gasteiger charge is -2.00. The SMILES string of the molecule is CC(C)n1cc(CCCN)nn1. The van der Waals surface area contributed by atoms with Crippen LogP contribution >= 0.6 is 0 Å². The van der Waals surface area contributed by atoms with Crippen molar-refractivity contribution >= 4 is 0 Å². The van der Waals surface area contributed by atoms with E-state index in [9.17, 15) is 0 Å². The van der Waals surface area contributed by atoms with Crippen LogP contribution in [0.1, 0.15) is 32.0 Å². The van der Waals surface area contributed by atoms with Crippen LogP contribution in [0.2, 0.25) is 0 Å². The summed E-state index contributed by atoms with van der Waals surface area (Å²) in [5, 5.41) is 8.03. The molecule has 0 saturated carbocycles. The molecule has 0 atom stereocenters. The number of nitrogens with zero attached hydrogens (tertiary/aromatic N) is 3. The highest BCUT2D eigenvalue weighted by atomic mass is 15.4. The van der Waals surface area contributed by atoms with Crippen molar-refractivity contribution in [3.63, 3.8) is 0 Å². The van der Waals surface area contributed by atoms with Gasteiger partial charge >= 0.3 is 0 Å². The van der Waals surface area contributed by atoms with Crippen molar-refractivity contribution < 1.29 is 0 Å². The summed E-state index contributed by atoms with van der Waals surface area (Å²) in [6.07, 6.45) is 3.90. The molecule has 0 aromatic carbocycles. The van der Waals surface area contributed by atoms with Crippen molar-refractivity contribution in [2.75, 3.05) is 6.54 Å². The molecule has 0 aliphatic heterocycles. The van der Waals surface area contributed by atoms with E-state index in [1.165, 1.54) is 0 Å². The zero-order chi connectivity index (χ0) is 8.97. The van der Waals surface area contributed by atoms with Gasteiger partial charge in [0.2, 0.25) is 0 Å². The first kappa shape index (κ1) is 9.19. The summed E-state index contributed by atoms with van der Waals surface area (Å²) in [4.78, 5) is 0. The van der Waals surface area contributed by atoms with Crippen LogP contribution < -0.4 is 5.73 Å². The molecule has 0 unspecified atom stereocenters. The molecule has 1 aromatic heterocycles. The Kier molecular flexibility index (Phi) is 3.22. The first-order valence-electron chi connectivity index (χ1n) is 4.35. The Morgan fingerprint density at radius 2 is 2.33 bits per heavy atom. The van der Waals surface area contributed by atoms with E-state index >= 15 is 0 Å². The Morgan fingerprint density at radius 3 is 2.83 bits per heavy atom. The molecule has 2 N–H and O–H groups in total. The first-order chi connectivity index (χ1) is 5.74. The highest BCUT2D eigenvalue weighted by molar-refractivity contribution is 4.92. The van der Waals surface area contributed by atoms with Gasteiger partial charge < -0.3 is 5.73 Å². The zero-order valence-corrected chi connectivity index (χ0v) is 7.70. The molecule has 0 aliphatic carbocycles. The molecule has 12 heavy (non-hydrogen) atoms. The minimum Gasteiger partial charge on any atom is -0.330 e. The second-order valence-corrected chi connectivity index (χ2v) is 3.18. The van der Waals surface area contributed by atoms with E-state index in [-0.39, 0.29) is 0 Å². The lowest BCUT2D eigenvalue weighted by Crippen LogP contribution is -2.01. The maximum atomic E-state index is 5.39. The van der Waals surface area contributed by atoms with Crippen molar-refractivity contribution in [2.45, 2.75) is 32.7 Å². The number of nitrogens with two attached hydrogens (primary N) is 1. The second-order valence-electron chi connectivity index (χ2n) is 3.18. The molecule has 4 heteroatoms. The largest absolute Gasteiger partial charge is 0.330 e. The van der Waals surface area contributed by atoms with Gasteiger partial charge in [-0.25, -0.2) is 4.68 Å². The van der Waals surface area contributed by atoms with Gasteiger partial charge in [-0.3, -0.25) is 0 Å². The van der Waals surface area contributed by atoms with Crippen LogP contribution in [0.3, 0.4) is 0 Å². The monoisotopic (exact) mass is 168 g/mol. The average molecular weight is 168 g/mol. The molecule has 4 nitrogen and oxygen atoms in total. The lowest BCUT2D eigenvalue weighted by atomic mass is 10.2. The van der Waals surface area contributed by atoms with Gasteiger partial charge in [0, 0.05) is 12.2 Å². The van der Waals surface area contributed by atoms with Gasteiger partial charge in [-0.2, -0.15) is 0 Å². The molecule has 0 bridgehead atoms. The zero-order valence-electron chi connectivity index (χ0n) is 7.70. The number of aryl methyl sites for hydroxylation is 1. The third-order valence-electron chi connectivity index (χ3n) is 1.72. The van der Waals surface area contributed by atoms with Gasteiger partial charge in [0.25, 0.3) is 0 Å². The molecule has 0 radical (unpaired) electrons. The van der Waals surface area contributed by atoms with Gasteiger partial charge in [0.05, 0.1) is 5.69 Å². The smallest absolute Gasteiger partial charge is 0.0827 e. The fourth-order valence-corrected chi connectivity index (χ4v) is 0.963. The van der Waals surface area contributed by atoms with Crippen LogP contribution in [0, 0.1) is 0 Å². The molecule has 1 aromatic rings. The molecular formula is C8H16N4. The van der Waals surface area contributed by atoms with Crippen LogP contribution in [0.4, 0.5) is 0 Å². The molecule has 0 fully saturated rings. The van der Waals surface area contributed by atoms with Crippen LogP contribution in [0.25, 0.3) is 0 Å². The van der Waals surface area contributed by atoms with Crippen LogP contribution in [-0.2, 0) is 6.42 Å². The predicted molar refractivity (Wildman–Crippen MR) is 47.8 cm³/mol. The highest BCUT2D eigenvalue weighted by Gasteiger charge is 2.01. The van der Waals surface area contributed by atoms with Crippen molar-refractivity contribution in [2.24, 2.45) is 5.73 Å². The van der Waals surface area contributed by atoms with E-state index in [0.717, 1.165) is 18.5 Å². The van der Waals surface area contributed by atoms with E-state index in [4.69, 9.17) is 5.73 Å². The molecule has 0 aliphatic rings. The number of hydrogen-bond acceptors (Lipinski definition) is 3. The fourth-order valence-electron chi connectivity index (χ4n) is 0.963. The molecule has 1 heterocycles. The van der Waals surface area contributed by atoms with Gasteiger partial charge in [-0.15, -0.1) is 5.10 Å². The van der Waals surface area contributed by atoms with Crippen LogP contribution in [-0.4, -0.2) is 21.5 Å². The number of hydrogen-bond donors (Lipinski definition) is 1. The van der Waals surface area contributed by atoms with E-state index in [0.29, 0.717) is 12.6 Å². The van der Waals surface area contributed by atoms with E-state index in [1.54, 1.807) is 0 Å². The lowest BCUT2D eigenvalue weighted by molar-refractivity contribution is 0.514. The quantitative estimate of drug-likeness (QED) is 0.721. The Hall–Kier alpha value is -0.900. The molecule has 0 saturated heterocycles. The predicted octanol–water partition coefficient (Wildman–Crippen LogP) is 0.750. The summed E-state index contributed by atoms with van der Waals surface area (Å²) >= 11 is 0. The van der Waals surface area contributed by atoms with Crippen LogP contribution in [0.15, 0.2) is 6.20 Å². The fraction of sp³-hybridized carbons (Fsp3) is 0.750.